The lowest BCUT2D eigenvalue weighted by Gasteiger charge is -2.31. The van der Waals surface area contributed by atoms with Crippen molar-refractivity contribution in [1.29, 1.82) is 5.26 Å². The van der Waals surface area contributed by atoms with Crippen molar-refractivity contribution in [2.24, 2.45) is 0 Å². The maximum absolute atomic E-state index is 12.1. The molecule has 0 aromatic rings. The highest BCUT2D eigenvalue weighted by molar-refractivity contribution is 5.81. The third-order valence-electron chi connectivity index (χ3n) is 4.00. The van der Waals surface area contributed by atoms with E-state index < -0.39 is 0 Å². The van der Waals surface area contributed by atoms with Gasteiger partial charge in [-0.15, -0.1) is 0 Å². The van der Waals surface area contributed by atoms with Gasteiger partial charge in [-0.3, -0.25) is 9.69 Å². The molecule has 1 N–H and O–H groups in total. The van der Waals surface area contributed by atoms with Gasteiger partial charge >= 0.3 is 0 Å². The van der Waals surface area contributed by atoms with Gasteiger partial charge in [-0.2, -0.15) is 5.26 Å². The van der Waals surface area contributed by atoms with Crippen LogP contribution in [0.4, 0.5) is 0 Å². The molecule has 1 amide bonds. The average Bonchev–Trinajstić information content (AvgIpc) is 2.93. The minimum Gasteiger partial charge on any atom is -0.355 e. The van der Waals surface area contributed by atoms with Crippen LogP contribution >= 0.6 is 0 Å². The van der Waals surface area contributed by atoms with E-state index in [-0.39, 0.29) is 11.9 Å². The topological polar surface area (TPSA) is 56.1 Å². The predicted octanol–water partition coefficient (Wildman–Crippen LogP) is 2.45. The summed E-state index contributed by atoms with van der Waals surface area (Å²) in [5.41, 5.74) is 0. The molecule has 1 atom stereocenters. The lowest BCUT2D eigenvalue weighted by atomic mass is 10.1. The van der Waals surface area contributed by atoms with Gasteiger partial charge in [-0.1, -0.05) is 32.6 Å². The Labute approximate surface area is 117 Å². The second kappa shape index (κ2) is 8.92. The van der Waals surface area contributed by atoms with E-state index in [1.54, 1.807) is 0 Å². The molecule has 1 aliphatic rings. The number of carbonyl (C=O) groups excluding carboxylic acids is 1. The zero-order valence-corrected chi connectivity index (χ0v) is 12.3. The van der Waals surface area contributed by atoms with Gasteiger partial charge < -0.3 is 5.32 Å². The van der Waals surface area contributed by atoms with Crippen LogP contribution in [0.15, 0.2) is 0 Å². The fraction of sp³-hybridized carbons (Fsp3) is 0.867. The minimum atomic E-state index is -0.190. The zero-order chi connectivity index (χ0) is 14.1. The Hall–Kier alpha value is -1.08. The molecule has 0 saturated heterocycles. The summed E-state index contributed by atoms with van der Waals surface area (Å²) in [6.07, 6.45) is 8.03. The van der Waals surface area contributed by atoms with Crippen molar-refractivity contribution in [3.8, 4) is 6.07 Å². The van der Waals surface area contributed by atoms with E-state index in [0.717, 1.165) is 38.6 Å². The fourth-order valence-corrected chi connectivity index (χ4v) is 2.78. The molecule has 0 heterocycles. The van der Waals surface area contributed by atoms with Gasteiger partial charge in [0.05, 0.1) is 18.7 Å². The second-order valence-corrected chi connectivity index (χ2v) is 5.44. The summed E-state index contributed by atoms with van der Waals surface area (Å²) < 4.78 is 0. The number of rotatable bonds is 8. The SMILES string of the molecule is CCCCCNC(=O)C(C)N(CC#N)C1CCCC1. The van der Waals surface area contributed by atoms with Crippen molar-refractivity contribution in [3.63, 3.8) is 0 Å². The van der Waals surface area contributed by atoms with Crippen molar-refractivity contribution in [1.82, 2.24) is 10.2 Å². The molecule has 1 rings (SSSR count). The smallest absolute Gasteiger partial charge is 0.237 e. The molecule has 4 heteroatoms. The average molecular weight is 265 g/mol. The lowest BCUT2D eigenvalue weighted by molar-refractivity contribution is -0.126. The van der Waals surface area contributed by atoms with Crippen LogP contribution < -0.4 is 5.32 Å². The normalized spacial score (nSPS) is 17.4. The van der Waals surface area contributed by atoms with Gasteiger partial charge in [0.15, 0.2) is 0 Å². The van der Waals surface area contributed by atoms with E-state index in [4.69, 9.17) is 5.26 Å². The molecule has 0 bridgehead atoms. The van der Waals surface area contributed by atoms with Crippen molar-refractivity contribution < 1.29 is 4.79 Å². The number of carbonyl (C=O) groups is 1. The van der Waals surface area contributed by atoms with Gasteiger partial charge in [0.2, 0.25) is 5.91 Å². The molecule has 4 nitrogen and oxygen atoms in total. The monoisotopic (exact) mass is 265 g/mol. The second-order valence-electron chi connectivity index (χ2n) is 5.44. The van der Waals surface area contributed by atoms with Crippen LogP contribution in [0.5, 0.6) is 0 Å². The van der Waals surface area contributed by atoms with Gasteiger partial charge in [-0.25, -0.2) is 0 Å². The highest BCUT2D eigenvalue weighted by Gasteiger charge is 2.29. The van der Waals surface area contributed by atoms with Crippen LogP contribution in [0.1, 0.15) is 58.8 Å². The van der Waals surface area contributed by atoms with Crippen molar-refractivity contribution >= 4 is 5.91 Å². The first-order valence-electron chi connectivity index (χ1n) is 7.61. The predicted molar refractivity (Wildman–Crippen MR) is 76.6 cm³/mol. The number of nitrogens with zero attached hydrogens (tertiary/aromatic N) is 2. The first-order chi connectivity index (χ1) is 9.20. The molecular weight excluding hydrogens is 238 g/mol. The summed E-state index contributed by atoms with van der Waals surface area (Å²) in [5.74, 6) is 0.0678. The molecule has 0 aromatic heterocycles. The van der Waals surface area contributed by atoms with Crippen LogP contribution in [0.2, 0.25) is 0 Å². The zero-order valence-electron chi connectivity index (χ0n) is 12.3. The molecule has 0 aromatic carbocycles. The lowest BCUT2D eigenvalue weighted by Crippen LogP contribution is -2.49. The summed E-state index contributed by atoms with van der Waals surface area (Å²) in [6.45, 7) is 5.18. The molecule has 1 saturated carbocycles. The van der Waals surface area contributed by atoms with Crippen molar-refractivity contribution in [2.45, 2.75) is 70.9 Å². The van der Waals surface area contributed by atoms with Crippen molar-refractivity contribution in [2.75, 3.05) is 13.1 Å². The van der Waals surface area contributed by atoms with E-state index in [9.17, 15) is 4.79 Å². The van der Waals surface area contributed by atoms with E-state index in [1.165, 1.54) is 12.8 Å². The largest absolute Gasteiger partial charge is 0.355 e. The fourth-order valence-electron chi connectivity index (χ4n) is 2.78. The Morgan fingerprint density at radius 3 is 2.68 bits per heavy atom. The summed E-state index contributed by atoms with van der Waals surface area (Å²) in [6, 6.07) is 2.43. The first-order valence-corrected chi connectivity index (χ1v) is 7.61. The number of amides is 1. The summed E-state index contributed by atoms with van der Waals surface area (Å²) in [7, 11) is 0. The van der Waals surface area contributed by atoms with Gasteiger partial charge in [0, 0.05) is 12.6 Å². The number of hydrogen-bond donors (Lipinski definition) is 1. The van der Waals surface area contributed by atoms with Gasteiger partial charge in [0.25, 0.3) is 0 Å². The van der Waals surface area contributed by atoms with E-state index in [0.29, 0.717) is 12.6 Å². The van der Waals surface area contributed by atoms with Crippen LogP contribution in [-0.4, -0.2) is 36.0 Å². The number of unbranched alkanes of at least 4 members (excludes halogenated alkanes) is 2. The molecule has 1 aliphatic carbocycles. The molecule has 0 spiro atoms. The molecule has 19 heavy (non-hydrogen) atoms. The van der Waals surface area contributed by atoms with Crippen LogP contribution in [0.25, 0.3) is 0 Å². The maximum atomic E-state index is 12.1. The Bertz CT molecular complexity index is 305. The standard InChI is InChI=1S/C15H27N3O/c1-3-4-7-11-17-15(19)13(2)18(12-10-16)14-8-5-6-9-14/h13-14H,3-9,11-12H2,1-2H3,(H,17,19). The minimum absolute atomic E-state index is 0.0678. The van der Waals surface area contributed by atoms with Crippen LogP contribution in [-0.2, 0) is 4.79 Å². The van der Waals surface area contributed by atoms with Crippen LogP contribution in [0.3, 0.4) is 0 Å². The third kappa shape index (κ3) is 5.20. The van der Waals surface area contributed by atoms with Gasteiger partial charge in [-0.05, 0) is 26.2 Å². The molecule has 1 fully saturated rings. The highest BCUT2D eigenvalue weighted by atomic mass is 16.2. The molecule has 0 aliphatic heterocycles. The summed E-state index contributed by atoms with van der Waals surface area (Å²) >= 11 is 0. The molecule has 108 valence electrons. The number of hydrogen-bond acceptors (Lipinski definition) is 3. The molecule has 0 radical (unpaired) electrons. The van der Waals surface area contributed by atoms with Gasteiger partial charge in [0.1, 0.15) is 0 Å². The van der Waals surface area contributed by atoms with E-state index in [1.807, 2.05) is 6.92 Å². The summed E-state index contributed by atoms with van der Waals surface area (Å²) in [5, 5.41) is 11.9. The van der Waals surface area contributed by atoms with E-state index >= 15 is 0 Å². The Morgan fingerprint density at radius 1 is 1.42 bits per heavy atom. The Balaban J connectivity index is 2.43. The first kappa shape index (κ1) is 16.0. The third-order valence-corrected chi connectivity index (χ3v) is 4.00. The Morgan fingerprint density at radius 2 is 2.11 bits per heavy atom. The Kier molecular flexibility index (Phi) is 7.50. The quantitative estimate of drug-likeness (QED) is 0.542. The van der Waals surface area contributed by atoms with Crippen molar-refractivity contribution in [3.05, 3.63) is 0 Å². The number of nitriles is 1. The summed E-state index contributed by atoms with van der Waals surface area (Å²) in [4.78, 5) is 14.2. The molecule has 1 unspecified atom stereocenters. The van der Waals surface area contributed by atoms with E-state index in [2.05, 4.69) is 23.2 Å². The maximum Gasteiger partial charge on any atom is 0.237 e. The number of nitrogens with one attached hydrogen (secondary N) is 1. The van der Waals surface area contributed by atoms with Crippen LogP contribution in [0, 0.1) is 11.3 Å². The molecular formula is C15H27N3O. The highest BCUT2D eigenvalue weighted by Crippen LogP contribution is 2.24.